The molecule has 3 amide bonds. The number of fused-ring (bicyclic) bond motifs is 1. The van der Waals surface area contributed by atoms with Gasteiger partial charge >= 0.3 is 6.03 Å². The normalized spacial score (nSPS) is 20.2. The van der Waals surface area contributed by atoms with Gasteiger partial charge in [-0.25, -0.2) is 9.79 Å². The summed E-state index contributed by atoms with van der Waals surface area (Å²) in [6.45, 7) is 4.61. The Balaban J connectivity index is 1.11. The van der Waals surface area contributed by atoms with Crippen LogP contribution in [0.3, 0.4) is 0 Å². The van der Waals surface area contributed by atoms with Gasteiger partial charge in [-0.05, 0) is 69.1 Å². The van der Waals surface area contributed by atoms with E-state index < -0.39 is 12.2 Å². The molecule has 0 spiro atoms. The van der Waals surface area contributed by atoms with Gasteiger partial charge in [0, 0.05) is 48.7 Å². The van der Waals surface area contributed by atoms with E-state index in [1.807, 2.05) is 66.7 Å². The fraction of sp³-hybridized carbons (Fsp3) is 0.364. The molecule has 0 saturated carbocycles. The fourth-order valence-electron chi connectivity index (χ4n) is 6.26. The number of amides is 3. The van der Waals surface area contributed by atoms with Crippen LogP contribution in [0.1, 0.15) is 43.2 Å². The van der Waals surface area contributed by atoms with Gasteiger partial charge in [0.25, 0.3) is 5.91 Å². The van der Waals surface area contributed by atoms with Crippen LogP contribution in [0.2, 0.25) is 0 Å². The highest BCUT2D eigenvalue weighted by molar-refractivity contribution is 6.20. The van der Waals surface area contributed by atoms with E-state index in [1.54, 1.807) is 11.9 Å². The molecule has 41 heavy (non-hydrogen) atoms. The van der Waals surface area contributed by atoms with Gasteiger partial charge in [0.1, 0.15) is 0 Å². The van der Waals surface area contributed by atoms with Gasteiger partial charge < -0.3 is 25.3 Å². The Hall–Kier alpha value is -4.17. The first-order valence-electron chi connectivity index (χ1n) is 14.7. The Bertz CT molecular complexity index is 1390. The summed E-state index contributed by atoms with van der Waals surface area (Å²) in [5.41, 5.74) is 4.97. The number of hydrogen-bond acceptors (Lipinski definition) is 5. The van der Waals surface area contributed by atoms with Crippen LogP contribution in [0.5, 0.6) is 0 Å². The molecule has 3 aromatic rings. The number of benzene rings is 3. The predicted molar refractivity (Wildman–Crippen MR) is 165 cm³/mol. The summed E-state index contributed by atoms with van der Waals surface area (Å²) in [4.78, 5) is 37.9. The fourth-order valence-corrected chi connectivity index (χ4v) is 6.26. The van der Waals surface area contributed by atoms with Crippen molar-refractivity contribution in [2.45, 2.75) is 44.3 Å². The lowest BCUT2D eigenvalue weighted by molar-refractivity contribution is -0.119. The maximum Gasteiger partial charge on any atom is 0.321 e. The van der Waals surface area contributed by atoms with Crippen LogP contribution in [0, 0.1) is 0 Å². The number of carbonyl (C=O) groups is 2. The first-order chi connectivity index (χ1) is 20.1. The summed E-state index contributed by atoms with van der Waals surface area (Å²) in [7, 11) is 1.71. The largest absolute Gasteiger partial charge is 0.371 e. The van der Waals surface area contributed by atoms with Crippen LogP contribution in [0.4, 0.5) is 21.9 Å². The van der Waals surface area contributed by atoms with E-state index in [4.69, 9.17) is 4.99 Å². The quantitative estimate of drug-likeness (QED) is 0.463. The van der Waals surface area contributed by atoms with E-state index in [9.17, 15) is 9.59 Å². The molecule has 1 atom stereocenters. The van der Waals surface area contributed by atoms with Gasteiger partial charge in [-0.3, -0.25) is 4.79 Å². The summed E-state index contributed by atoms with van der Waals surface area (Å²) >= 11 is 0. The highest BCUT2D eigenvalue weighted by atomic mass is 16.2. The number of likely N-dealkylation sites (tertiary alicyclic amines) is 1. The molecule has 3 aromatic carbocycles. The first-order valence-corrected chi connectivity index (χ1v) is 14.7. The molecule has 8 nitrogen and oxygen atoms in total. The number of benzodiazepines with no additional fused rings is 1. The standard InChI is InChI=1S/C33H38N6O2/c1-37-29-13-7-6-12-28(29)30(24-10-4-2-5-11-24)35-31(32(37)40)36-33(41)34-25-14-16-26(17-15-25)39-22-18-27(19-23-39)38-20-8-3-9-21-38/h2,4-7,10-17,27,31H,3,8-9,18-23H2,1H3,(H2,34,36,41). The molecule has 6 rings (SSSR count). The van der Waals surface area contributed by atoms with E-state index in [1.165, 1.54) is 50.9 Å². The van der Waals surface area contributed by atoms with Gasteiger partial charge in [-0.2, -0.15) is 0 Å². The van der Waals surface area contributed by atoms with Crippen molar-refractivity contribution in [1.29, 1.82) is 0 Å². The van der Waals surface area contributed by atoms with Crippen LogP contribution >= 0.6 is 0 Å². The third-order valence-electron chi connectivity index (χ3n) is 8.52. The van der Waals surface area contributed by atoms with Crippen molar-refractivity contribution in [1.82, 2.24) is 10.2 Å². The lowest BCUT2D eigenvalue weighted by Crippen LogP contribution is -2.47. The molecule has 2 saturated heterocycles. The molecule has 3 aliphatic rings. The first kappa shape index (κ1) is 27.0. The van der Waals surface area contributed by atoms with Crippen LogP contribution in [-0.2, 0) is 4.79 Å². The van der Waals surface area contributed by atoms with E-state index >= 15 is 0 Å². The average molecular weight is 551 g/mol. The van der Waals surface area contributed by atoms with Crippen LogP contribution in [0.15, 0.2) is 83.9 Å². The van der Waals surface area contributed by atoms with E-state index in [0.29, 0.717) is 17.4 Å². The zero-order chi connectivity index (χ0) is 28.2. The van der Waals surface area contributed by atoms with Crippen LogP contribution in [-0.4, -0.2) is 68.0 Å². The summed E-state index contributed by atoms with van der Waals surface area (Å²) in [5, 5.41) is 5.68. The number of carbonyl (C=O) groups excluding carboxylic acids is 2. The predicted octanol–water partition coefficient (Wildman–Crippen LogP) is 5.10. The van der Waals surface area contributed by atoms with Crippen molar-refractivity contribution in [2.75, 3.05) is 48.3 Å². The van der Waals surface area contributed by atoms with Crippen molar-refractivity contribution >= 4 is 34.7 Å². The van der Waals surface area contributed by atoms with Crippen LogP contribution in [0.25, 0.3) is 0 Å². The topological polar surface area (TPSA) is 80.3 Å². The second kappa shape index (κ2) is 12.1. The van der Waals surface area contributed by atoms with Crippen molar-refractivity contribution < 1.29 is 9.59 Å². The van der Waals surface area contributed by atoms with E-state index in [-0.39, 0.29) is 5.91 Å². The van der Waals surface area contributed by atoms with Gasteiger partial charge in [0.15, 0.2) is 0 Å². The summed E-state index contributed by atoms with van der Waals surface area (Å²) in [6, 6.07) is 25.6. The zero-order valence-corrected chi connectivity index (χ0v) is 23.6. The maximum atomic E-state index is 13.4. The summed E-state index contributed by atoms with van der Waals surface area (Å²) < 4.78 is 0. The monoisotopic (exact) mass is 550 g/mol. The molecule has 3 aliphatic heterocycles. The van der Waals surface area contributed by atoms with Gasteiger partial charge in [-0.15, -0.1) is 0 Å². The highest BCUT2D eigenvalue weighted by Crippen LogP contribution is 2.28. The molecular formula is C33H38N6O2. The van der Waals surface area contributed by atoms with Crippen molar-refractivity contribution in [3.63, 3.8) is 0 Å². The number of piperidine rings is 2. The third-order valence-corrected chi connectivity index (χ3v) is 8.52. The number of urea groups is 1. The van der Waals surface area contributed by atoms with E-state index in [2.05, 4.69) is 32.6 Å². The van der Waals surface area contributed by atoms with Crippen molar-refractivity contribution in [3.05, 3.63) is 90.0 Å². The molecule has 3 heterocycles. The molecule has 2 N–H and O–H groups in total. The molecule has 8 heteroatoms. The number of likely N-dealkylation sites (N-methyl/N-ethyl adjacent to an activating group) is 1. The van der Waals surface area contributed by atoms with Gasteiger partial charge in [0.2, 0.25) is 6.17 Å². The summed E-state index contributed by atoms with van der Waals surface area (Å²) in [5.74, 6) is -0.304. The SMILES string of the molecule is CN1C(=O)C(NC(=O)Nc2ccc(N3CCC(N4CCCCC4)CC3)cc2)N=C(c2ccccc2)c2ccccc21. The minimum Gasteiger partial charge on any atom is -0.371 e. The van der Waals surface area contributed by atoms with Crippen molar-refractivity contribution in [3.8, 4) is 0 Å². The number of nitrogens with zero attached hydrogens (tertiary/aromatic N) is 4. The number of aliphatic imine (C=N–C) groups is 1. The Morgan fingerprint density at radius 3 is 2.24 bits per heavy atom. The van der Waals surface area contributed by atoms with Gasteiger partial charge in [-0.1, -0.05) is 55.0 Å². The molecular weight excluding hydrogens is 512 g/mol. The van der Waals surface area contributed by atoms with Crippen LogP contribution < -0.4 is 20.4 Å². The third kappa shape index (κ3) is 5.98. The lowest BCUT2D eigenvalue weighted by Gasteiger charge is -2.41. The highest BCUT2D eigenvalue weighted by Gasteiger charge is 2.31. The molecule has 0 radical (unpaired) electrons. The number of para-hydroxylation sites is 1. The Morgan fingerprint density at radius 2 is 1.51 bits per heavy atom. The number of anilines is 3. The minimum absolute atomic E-state index is 0.304. The Labute approximate surface area is 242 Å². The number of nitrogens with one attached hydrogen (secondary N) is 2. The van der Waals surface area contributed by atoms with Crippen molar-refractivity contribution in [2.24, 2.45) is 4.99 Å². The molecule has 1 unspecified atom stereocenters. The second-order valence-electron chi connectivity index (χ2n) is 11.1. The molecule has 0 aliphatic carbocycles. The molecule has 2 fully saturated rings. The number of rotatable bonds is 5. The molecule has 0 aromatic heterocycles. The Kier molecular flexibility index (Phi) is 8.00. The number of hydrogen-bond donors (Lipinski definition) is 2. The lowest BCUT2D eigenvalue weighted by atomic mass is 9.99. The van der Waals surface area contributed by atoms with Gasteiger partial charge in [0.05, 0.1) is 11.4 Å². The molecule has 212 valence electrons. The Morgan fingerprint density at radius 1 is 0.829 bits per heavy atom. The van der Waals surface area contributed by atoms with E-state index in [0.717, 1.165) is 29.9 Å². The smallest absolute Gasteiger partial charge is 0.321 e. The minimum atomic E-state index is -1.07. The average Bonchev–Trinajstić information content (AvgIpc) is 3.13. The zero-order valence-electron chi connectivity index (χ0n) is 23.6. The molecule has 0 bridgehead atoms. The summed E-state index contributed by atoms with van der Waals surface area (Å²) in [6.07, 6.45) is 5.37. The second-order valence-corrected chi connectivity index (χ2v) is 11.1. The maximum absolute atomic E-state index is 13.4.